The third-order valence-electron chi connectivity index (χ3n) is 2.42. The summed E-state index contributed by atoms with van der Waals surface area (Å²) in [5, 5.41) is 5.38. The van der Waals surface area contributed by atoms with Gasteiger partial charge in [0, 0.05) is 18.9 Å². The smallest absolute Gasteiger partial charge is 0.135 e. The Morgan fingerprint density at radius 1 is 1.53 bits per heavy atom. The highest BCUT2D eigenvalue weighted by Crippen LogP contribution is 2.23. The molecule has 4 heteroatoms. The van der Waals surface area contributed by atoms with E-state index in [1.807, 2.05) is 23.9 Å². The monoisotopic (exact) mass is 266 g/mol. The summed E-state index contributed by atoms with van der Waals surface area (Å²) in [6.45, 7) is 0. The Kier molecular flexibility index (Phi) is 2.86. The summed E-state index contributed by atoms with van der Waals surface area (Å²) in [4.78, 5) is 10.3. The number of aldehydes is 1. The number of halogens is 1. The second-order valence-corrected chi connectivity index (χ2v) is 4.22. The summed E-state index contributed by atoms with van der Waals surface area (Å²) < 4.78 is 2.70. The highest BCUT2D eigenvalue weighted by molar-refractivity contribution is 9.10. The van der Waals surface area contributed by atoms with Crippen molar-refractivity contribution in [3.05, 3.63) is 28.4 Å². The molecule has 0 bridgehead atoms. The molecule has 2 aromatic rings. The lowest BCUT2D eigenvalue weighted by Gasteiger charge is -1.99. The van der Waals surface area contributed by atoms with Crippen LogP contribution in [-0.4, -0.2) is 16.1 Å². The van der Waals surface area contributed by atoms with Crippen molar-refractivity contribution < 1.29 is 4.79 Å². The molecule has 2 rings (SSSR count). The minimum absolute atomic E-state index is 0.574. The van der Waals surface area contributed by atoms with E-state index in [2.05, 4.69) is 27.1 Å². The molecule has 0 spiro atoms. The van der Waals surface area contributed by atoms with Crippen molar-refractivity contribution in [3.63, 3.8) is 0 Å². The topological polar surface area (TPSA) is 34.9 Å². The fourth-order valence-electron chi connectivity index (χ4n) is 1.64. The molecule has 15 heavy (non-hydrogen) atoms. The highest BCUT2D eigenvalue weighted by Gasteiger charge is 2.06. The molecule has 0 unspecified atom stereocenters. The number of carbonyl (C=O) groups excluding carboxylic acids is 1. The predicted molar refractivity (Wildman–Crippen MR) is 62.8 cm³/mol. The Balaban J connectivity index is 2.45. The van der Waals surface area contributed by atoms with Gasteiger partial charge in [-0.1, -0.05) is 6.07 Å². The molecule has 3 nitrogen and oxygen atoms in total. The lowest BCUT2D eigenvalue weighted by atomic mass is 10.1. The fourth-order valence-corrected chi connectivity index (χ4v) is 2.21. The van der Waals surface area contributed by atoms with Gasteiger partial charge < -0.3 is 4.79 Å². The Hall–Kier alpha value is -1.16. The molecule has 0 aliphatic heterocycles. The van der Waals surface area contributed by atoms with Gasteiger partial charge in [0.2, 0.25) is 0 Å². The molecule has 0 radical (unpaired) electrons. The van der Waals surface area contributed by atoms with Crippen molar-refractivity contribution in [2.75, 3.05) is 0 Å². The third-order valence-corrected chi connectivity index (χ3v) is 3.01. The number of hydrogen-bond acceptors (Lipinski definition) is 2. The summed E-state index contributed by atoms with van der Waals surface area (Å²) in [5.74, 6) is 0. The molecule has 0 saturated carbocycles. The van der Waals surface area contributed by atoms with Gasteiger partial charge in [0.1, 0.15) is 10.9 Å². The van der Waals surface area contributed by atoms with Crippen molar-refractivity contribution in [2.24, 2.45) is 7.05 Å². The molecule has 0 atom stereocenters. The number of hydrogen-bond donors (Lipinski definition) is 0. The van der Waals surface area contributed by atoms with Gasteiger partial charge in [-0.15, -0.1) is 0 Å². The molecule has 0 aliphatic rings. The van der Waals surface area contributed by atoms with Crippen LogP contribution in [0.1, 0.15) is 12.0 Å². The average Bonchev–Trinajstić information content (AvgIpc) is 2.52. The molecular weight excluding hydrogens is 256 g/mol. The van der Waals surface area contributed by atoms with Crippen LogP contribution >= 0.6 is 15.9 Å². The zero-order valence-electron chi connectivity index (χ0n) is 8.40. The van der Waals surface area contributed by atoms with Crippen LogP contribution in [0, 0.1) is 0 Å². The summed E-state index contributed by atoms with van der Waals surface area (Å²) in [6.07, 6.45) is 2.32. The molecule has 0 amide bonds. The first-order valence-electron chi connectivity index (χ1n) is 4.77. The highest BCUT2D eigenvalue weighted by atomic mass is 79.9. The summed E-state index contributed by atoms with van der Waals surface area (Å²) in [5.41, 5.74) is 2.26. The molecule has 0 aliphatic carbocycles. The summed E-state index contributed by atoms with van der Waals surface area (Å²) in [7, 11) is 1.91. The van der Waals surface area contributed by atoms with Gasteiger partial charge in [-0.05, 0) is 40.0 Å². The SMILES string of the molecule is Cn1nc(Br)c2ccc(CCC=O)cc21. The van der Waals surface area contributed by atoms with E-state index in [0.717, 1.165) is 28.2 Å². The van der Waals surface area contributed by atoms with Gasteiger partial charge in [0.05, 0.1) is 5.52 Å². The summed E-state index contributed by atoms with van der Waals surface area (Å²) in [6, 6.07) is 6.15. The second-order valence-electron chi connectivity index (χ2n) is 3.47. The minimum Gasteiger partial charge on any atom is -0.303 e. The number of carbonyl (C=O) groups is 1. The first-order chi connectivity index (χ1) is 7.22. The largest absolute Gasteiger partial charge is 0.303 e. The fraction of sp³-hybridized carbons (Fsp3) is 0.273. The van der Waals surface area contributed by atoms with Crippen LogP contribution in [0.5, 0.6) is 0 Å². The number of rotatable bonds is 3. The quantitative estimate of drug-likeness (QED) is 0.801. The third kappa shape index (κ3) is 1.95. The molecule has 78 valence electrons. The van der Waals surface area contributed by atoms with E-state index in [1.165, 1.54) is 5.56 Å². The van der Waals surface area contributed by atoms with Crippen LogP contribution in [0.4, 0.5) is 0 Å². The molecule has 1 aromatic heterocycles. The van der Waals surface area contributed by atoms with Crippen LogP contribution in [0.15, 0.2) is 22.8 Å². The Labute approximate surface area is 96.2 Å². The summed E-state index contributed by atoms with van der Waals surface area (Å²) >= 11 is 3.41. The zero-order valence-corrected chi connectivity index (χ0v) is 9.99. The van der Waals surface area contributed by atoms with Crippen LogP contribution in [0.2, 0.25) is 0 Å². The normalized spacial score (nSPS) is 10.8. The molecule has 1 heterocycles. The van der Waals surface area contributed by atoms with E-state index in [4.69, 9.17) is 0 Å². The van der Waals surface area contributed by atoms with Gasteiger partial charge in [-0.2, -0.15) is 5.10 Å². The van der Waals surface area contributed by atoms with Gasteiger partial charge in [-0.25, -0.2) is 0 Å². The minimum atomic E-state index is 0.574. The lowest BCUT2D eigenvalue weighted by Crippen LogP contribution is -1.91. The van der Waals surface area contributed by atoms with Crippen LogP contribution < -0.4 is 0 Å². The Morgan fingerprint density at radius 2 is 2.33 bits per heavy atom. The van der Waals surface area contributed by atoms with E-state index in [9.17, 15) is 4.79 Å². The van der Waals surface area contributed by atoms with Gasteiger partial charge in [0.15, 0.2) is 0 Å². The number of benzene rings is 1. The standard InChI is InChI=1S/C11H11BrN2O/c1-14-10-7-8(3-2-6-15)4-5-9(10)11(12)13-14/h4-7H,2-3H2,1H3. The number of fused-ring (bicyclic) bond motifs is 1. The van der Waals surface area contributed by atoms with Crippen LogP contribution in [-0.2, 0) is 18.3 Å². The van der Waals surface area contributed by atoms with Crippen molar-refractivity contribution in [3.8, 4) is 0 Å². The number of aromatic nitrogens is 2. The molecule has 0 N–H and O–H groups in total. The zero-order chi connectivity index (χ0) is 10.8. The van der Waals surface area contributed by atoms with E-state index in [1.54, 1.807) is 0 Å². The van der Waals surface area contributed by atoms with E-state index < -0.39 is 0 Å². The van der Waals surface area contributed by atoms with E-state index in [-0.39, 0.29) is 0 Å². The van der Waals surface area contributed by atoms with Gasteiger partial charge in [0.25, 0.3) is 0 Å². The molecule has 1 aromatic carbocycles. The Morgan fingerprint density at radius 3 is 3.07 bits per heavy atom. The second kappa shape index (κ2) is 4.14. The van der Waals surface area contributed by atoms with Crippen molar-refractivity contribution in [2.45, 2.75) is 12.8 Å². The maximum Gasteiger partial charge on any atom is 0.135 e. The van der Waals surface area contributed by atoms with E-state index in [0.29, 0.717) is 6.42 Å². The Bertz CT molecular complexity index is 505. The van der Waals surface area contributed by atoms with Crippen molar-refractivity contribution in [1.29, 1.82) is 0 Å². The van der Waals surface area contributed by atoms with Crippen LogP contribution in [0.3, 0.4) is 0 Å². The average molecular weight is 267 g/mol. The predicted octanol–water partition coefficient (Wildman–Crippen LogP) is 2.47. The van der Waals surface area contributed by atoms with Gasteiger partial charge in [-0.3, -0.25) is 4.68 Å². The first-order valence-corrected chi connectivity index (χ1v) is 5.56. The van der Waals surface area contributed by atoms with Crippen LogP contribution in [0.25, 0.3) is 10.9 Å². The maximum atomic E-state index is 10.3. The van der Waals surface area contributed by atoms with Crippen molar-refractivity contribution in [1.82, 2.24) is 9.78 Å². The number of aryl methyl sites for hydroxylation is 2. The lowest BCUT2D eigenvalue weighted by molar-refractivity contribution is -0.107. The molecular formula is C11H11BrN2O. The van der Waals surface area contributed by atoms with Crippen molar-refractivity contribution >= 4 is 33.1 Å². The maximum absolute atomic E-state index is 10.3. The molecule has 0 fully saturated rings. The first kappa shape index (κ1) is 10.4. The molecule has 0 saturated heterocycles. The van der Waals surface area contributed by atoms with Gasteiger partial charge >= 0.3 is 0 Å². The van der Waals surface area contributed by atoms with E-state index >= 15 is 0 Å². The number of nitrogens with zero attached hydrogens (tertiary/aromatic N) is 2.